The van der Waals surface area contributed by atoms with E-state index >= 15 is 0 Å². The van der Waals surface area contributed by atoms with Crippen LogP contribution >= 0.6 is 11.3 Å². The Morgan fingerprint density at radius 1 is 1.50 bits per heavy atom. The van der Waals surface area contributed by atoms with E-state index in [9.17, 15) is 0 Å². The van der Waals surface area contributed by atoms with Crippen LogP contribution in [0.15, 0.2) is 29.9 Å². The molecule has 3 rings (SSSR count). The van der Waals surface area contributed by atoms with Crippen LogP contribution in [0.2, 0.25) is 0 Å². The van der Waals surface area contributed by atoms with Crippen molar-refractivity contribution in [3.8, 4) is 10.7 Å². The molecule has 18 heavy (non-hydrogen) atoms. The molecule has 1 atom stereocenters. The van der Waals surface area contributed by atoms with Crippen LogP contribution in [0.3, 0.4) is 0 Å². The van der Waals surface area contributed by atoms with Gasteiger partial charge in [-0.15, -0.1) is 11.3 Å². The number of hydrogen-bond acceptors (Lipinski definition) is 3. The fraction of sp³-hybridized carbons (Fsp3) is 0.500. The minimum atomic E-state index is 0.831. The first-order chi connectivity index (χ1) is 8.93. The molecule has 0 bridgehead atoms. The second-order valence-corrected chi connectivity index (χ2v) is 5.87. The Kier molecular flexibility index (Phi) is 3.76. The van der Waals surface area contributed by atoms with Gasteiger partial charge in [0, 0.05) is 18.9 Å². The molecular formula is C14H19N3S. The Morgan fingerprint density at radius 3 is 3.28 bits per heavy atom. The molecule has 2 aromatic heterocycles. The van der Waals surface area contributed by atoms with E-state index in [1.165, 1.54) is 37.2 Å². The van der Waals surface area contributed by atoms with Gasteiger partial charge in [0.25, 0.3) is 0 Å². The van der Waals surface area contributed by atoms with E-state index in [1.807, 2.05) is 6.20 Å². The zero-order valence-electron chi connectivity index (χ0n) is 10.5. The number of hydrogen-bond donors (Lipinski definition) is 1. The average molecular weight is 261 g/mol. The van der Waals surface area contributed by atoms with Gasteiger partial charge in [-0.05, 0) is 49.7 Å². The van der Waals surface area contributed by atoms with Crippen LogP contribution < -0.4 is 5.32 Å². The first-order valence-electron chi connectivity index (χ1n) is 6.69. The zero-order valence-corrected chi connectivity index (χ0v) is 11.3. The van der Waals surface area contributed by atoms with E-state index in [0.717, 1.165) is 18.3 Å². The molecule has 4 heteroatoms. The summed E-state index contributed by atoms with van der Waals surface area (Å²) >= 11 is 1.76. The normalized spacial score (nSPS) is 20.1. The third-order valence-electron chi connectivity index (χ3n) is 3.63. The Balaban J connectivity index is 1.64. The van der Waals surface area contributed by atoms with Gasteiger partial charge in [0.1, 0.15) is 5.82 Å². The summed E-state index contributed by atoms with van der Waals surface area (Å²) in [4.78, 5) is 5.75. The second kappa shape index (κ2) is 5.67. The van der Waals surface area contributed by atoms with Gasteiger partial charge < -0.3 is 9.88 Å². The molecule has 1 aliphatic rings. The third kappa shape index (κ3) is 2.65. The molecule has 1 unspecified atom stereocenters. The highest BCUT2D eigenvalue weighted by molar-refractivity contribution is 7.13. The molecule has 2 aromatic rings. The quantitative estimate of drug-likeness (QED) is 0.917. The SMILES string of the molecule is c1csc(-c2nccn2CCC2CCCNC2)c1. The predicted octanol–water partition coefficient (Wildman–Crippen LogP) is 3.00. The van der Waals surface area contributed by atoms with E-state index in [0.29, 0.717) is 0 Å². The van der Waals surface area contributed by atoms with Gasteiger partial charge in [0.15, 0.2) is 0 Å². The van der Waals surface area contributed by atoms with Crippen LogP contribution in [-0.4, -0.2) is 22.6 Å². The third-order valence-corrected chi connectivity index (χ3v) is 4.50. The van der Waals surface area contributed by atoms with Crippen molar-refractivity contribution in [3.63, 3.8) is 0 Å². The summed E-state index contributed by atoms with van der Waals surface area (Å²) in [6.07, 6.45) is 7.96. The number of imidazole rings is 1. The molecule has 1 aliphatic heterocycles. The fourth-order valence-corrected chi connectivity index (χ4v) is 3.35. The highest BCUT2D eigenvalue weighted by atomic mass is 32.1. The lowest BCUT2D eigenvalue weighted by molar-refractivity contribution is 0.342. The van der Waals surface area contributed by atoms with Crippen molar-refractivity contribution in [2.24, 2.45) is 5.92 Å². The predicted molar refractivity (Wildman–Crippen MR) is 75.8 cm³/mol. The highest BCUT2D eigenvalue weighted by Crippen LogP contribution is 2.24. The number of nitrogens with one attached hydrogen (secondary N) is 1. The molecule has 0 aromatic carbocycles. The first-order valence-corrected chi connectivity index (χ1v) is 7.57. The van der Waals surface area contributed by atoms with Crippen LogP contribution in [0.25, 0.3) is 10.7 Å². The summed E-state index contributed by atoms with van der Waals surface area (Å²) in [5.74, 6) is 1.95. The van der Waals surface area contributed by atoms with Crippen molar-refractivity contribution < 1.29 is 0 Å². The zero-order chi connectivity index (χ0) is 12.2. The largest absolute Gasteiger partial charge is 0.330 e. The van der Waals surface area contributed by atoms with E-state index in [2.05, 4.69) is 38.6 Å². The Hall–Kier alpha value is -1.13. The number of aromatic nitrogens is 2. The van der Waals surface area contributed by atoms with Gasteiger partial charge in [-0.1, -0.05) is 6.07 Å². The van der Waals surface area contributed by atoms with Crippen molar-refractivity contribution in [3.05, 3.63) is 29.9 Å². The summed E-state index contributed by atoms with van der Waals surface area (Å²) in [5.41, 5.74) is 0. The minimum absolute atomic E-state index is 0.831. The number of rotatable bonds is 4. The maximum Gasteiger partial charge on any atom is 0.149 e. The van der Waals surface area contributed by atoms with Gasteiger partial charge in [-0.3, -0.25) is 0 Å². The molecule has 0 aliphatic carbocycles. The Morgan fingerprint density at radius 2 is 2.50 bits per heavy atom. The van der Waals surface area contributed by atoms with Crippen molar-refractivity contribution >= 4 is 11.3 Å². The van der Waals surface area contributed by atoms with E-state index in [-0.39, 0.29) is 0 Å². The molecule has 3 heterocycles. The van der Waals surface area contributed by atoms with Gasteiger partial charge in [-0.25, -0.2) is 4.98 Å². The maximum absolute atomic E-state index is 4.48. The van der Waals surface area contributed by atoms with Crippen LogP contribution in [0.1, 0.15) is 19.3 Å². The second-order valence-electron chi connectivity index (χ2n) is 4.92. The van der Waals surface area contributed by atoms with Crippen LogP contribution in [0.4, 0.5) is 0 Å². The summed E-state index contributed by atoms with van der Waals surface area (Å²) in [7, 11) is 0. The van der Waals surface area contributed by atoms with Gasteiger partial charge >= 0.3 is 0 Å². The smallest absolute Gasteiger partial charge is 0.149 e. The summed E-state index contributed by atoms with van der Waals surface area (Å²) < 4.78 is 2.29. The number of piperidine rings is 1. The van der Waals surface area contributed by atoms with Crippen molar-refractivity contribution in [1.82, 2.24) is 14.9 Å². The van der Waals surface area contributed by atoms with Gasteiger partial charge in [0.05, 0.1) is 4.88 Å². The topological polar surface area (TPSA) is 29.9 Å². The molecule has 96 valence electrons. The van der Waals surface area contributed by atoms with Crippen molar-refractivity contribution in [2.75, 3.05) is 13.1 Å². The van der Waals surface area contributed by atoms with Crippen LogP contribution in [-0.2, 0) is 6.54 Å². The monoisotopic (exact) mass is 261 g/mol. The number of nitrogens with zero attached hydrogens (tertiary/aromatic N) is 2. The number of aryl methyl sites for hydroxylation is 1. The summed E-state index contributed by atoms with van der Waals surface area (Å²) in [6, 6.07) is 4.23. The molecule has 1 saturated heterocycles. The van der Waals surface area contributed by atoms with Gasteiger partial charge in [0.2, 0.25) is 0 Å². The summed E-state index contributed by atoms with van der Waals surface area (Å²) in [5, 5.41) is 5.59. The van der Waals surface area contributed by atoms with Crippen LogP contribution in [0, 0.1) is 5.92 Å². The van der Waals surface area contributed by atoms with Crippen molar-refractivity contribution in [2.45, 2.75) is 25.8 Å². The molecule has 0 saturated carbocycles. The molecule has 0 spiro atoms. The Labute approximate surface area is 112 Å². The van der Waals surface area contributed by atoms with Crippen molar-refractivity contribution in [1.29, 1.82) is 0 Å². The Bertz CT molecular complexity index is 469. The molecule has 3 nitrogen and oxygen atoms in total. The van der Waals surface area contributed by atoms with E-state index in [4.69, 9.17) is 0 Å². The van der Waals surface area contributed by atoms with Gasteiger partial charge in [-0.2, -0.15) is 0 Å². The standard InChI is InChI=1S/C14H19N3S/c1-3-12(11-15-6-1)5-8-17-9-7-16-14(17)13-4-2-10-18-13/h2,4,7,9-10,12,15H,1,3,5-6,8,11H2. The lowest BCUT2D eigenvalue weighted by atomic mass is 9.96. The van der Waals surface area contributed by atoms with Crippen LogP contribution in [0.5, 0.6) is 0 Å². The molecule has 0 amide bonds. The maximum atomic E-state index is 4.48. The fourth-order valence-electron chi connectivity index (χ4n) is 2.61. The van der Waals surface area contributed by atoms with E-state index < -0.39 is 0 Å². The molecule has 0 radical (unpaired) electrons. The summed E-state index contributed by atoms with van der Waals surface area (Å²) in [6.45, 7) is 3.46. The lowest BCUT2D eigenvalue weighted by Crippen LogP contribution is -2.30. The minimum Gasteiger partial charge on any atom is -0.330 e. The molecular weight excluding hydrogens is 242 g/mol. The van der Waals surface area contributed by atoms with E-state index in [1.54, 1.807) is 11.3 Å². The molecule has 1 N–H and O–H groups in total. The molecule has 1 fully saturated rings. The lowest BCUT2D eigenvalue weighted by Gasteiger charge is -2.22. The first kappa shape index (κ1) is 11.9. The highest BCUT2D eigenvalue weighted by Gasteiger charge is 2.14. The average Bonchev–Trinajstić information content (AvgIpc) is 3.08. The number of thiophene rings is 1.